The number of carbonyl (C=O) groups is 1. The molecule has 3 rings (SSSR count). The first kappa shape index (κ1) is 18.5. The molecule has 0 saturated carbocycles. The third kappa shape index (κ3) is 4.47. The molecule has 26 heavy (non-hydrogen) atoms. The van der Waals surface area contributed by atoms with E-state index in [-0.39, 0.29) is 5.91 Å². The molecule has 0 fully saturated rings. The van der Waals surface area contributed by atoms with Gasteiger partial charge in [-0.2, -0.15) is 0 Å². The molecule has 2 nitrogen and oxygen atoms in total. The van der Waals surface area contributed by atoms with Crippen molar-refractivity contribution in [2.24, 2.45) is 0 Å². The Hall–Kier alpha value is -2.26. The number of hydrogen-bond acceptors (Lipinski definition) is 1. The molecule has 3 aromatic carbocycles. The van der Waals surface area contributed by atoms with Gasteiger partial charge in [0.15, 0.2) is 0 Å². The Morgan fingerprint density at radius 1 is 0.769 bits per heavy atom. The van der Waals surface area contributed by atoms with Crippen molar-refractivity contribution in [2.45, 2.75) is 0 Å². The number of halogens is 3. The van der Waals surface area contributed by atoms with Crippen LogP contribution in [0.25, 0.3) is 11.6 Å². The van der Waals surface area contributed by atoms with E-state index in [2.05, 4.69) is 5.32 Å². The van der Waals surface area contributed by atoms with Crippen LogP contribution in [0.2, 0.25) is 15.1 Å². The summed E-state index contributed by atoms with van der Waals surface area (Å²) in [7, 11) is 0. The third-order valence-electron chi connectivity index (χ3n) is 3.70. The zero-order valence-electron chi connectivity index (χ0n) is 13.5. The van der Waals surface area contributed by atoms with E-state index in [0.717, 1.165) is 11.1 Å². The first-order chi connectivity index (χ1) is 12.5. The fourth-order valence-electron chi connectivity index (χ4n) is 2.42. The van der Waals surface area contributed by atoms with Gasteiger partial charge in [0.2, 0.25) is 0 Å². The second-order valence-corrected chi connectivity index (χ2v) is 6.76. The summed E-state index contributed by atoms with van der Waals surface area (Å²) in [4.78, 5) is 13.0. The predicted octanol–water partition coefficient (Wildman–Crippen LogP) is 6.83. The summed E-state index contributed by atoms with van der Waals surface area (Å²) < 4.78 is 0. The highest BCUT2D eigenvalue weighted by Crippen LogP contribution is 2.33. The maximum atomic E-state index is 13.0. The maximum absolute atomic E-state index is 13.0. The van der Waals surface area contributed by atoms with Gasteiger partial charge in [0.1, 0.15) is 0 Å². The summed E-state index contributed by atoms with van der Waals surface area (Å²) in [6, 6.07) is 22.1. The number of hydrogen-bond donors (Lipinski definition) is 1. The average Bonchev–Trinajstić information content (AvgIpc) is 2.65. The van der Waals surface area contributed by atoms with E-state index in [9.17, 15) is 4.79 Å². The molecular weight excluding hydrogens is 389 g/mol. The van der Waals surface area contributed by atoms with E-state index in [1.165, 1.54) is 12.1 Å². The Kier molecular flexibility index (Phi) is 6.00. The third-order valence-corrected chi connectivity index (χ3v) is 4.73. The lowest BCUT2D eigenvalue weighted by Gasteiger charge is -2.12. The van der Waals surface area contributed by atoms with Gasteiger partial charge < -0.3 is 5.32 Å². The van der Waals surface area contributed by atoms with Crippen molar-refractivity contribution in [3.8, 4) is 0 Å². The smallest absolute Gasteiger partial charge is 0.256 e. The summed E-state index contributed by atoms with van der Waals surface area (Å²) in [5.41, 5.74) is 2.63. The first-order valence-corrected chi connectivity index (χ1v) is 8.96. The standard InChI is InChI=1S/C21H14Cl3NO/c22-17-12-19(24)20(13-18(17)23)25-21(26)16(15-9-5-2-6-10-15)11-14-7-3-1-4-8-14/h1-13H,(H,25,26)/b16-11+. The Morgan fingerprint density at radius 3 is 2.00 bits per heavy atom. The molecule has 0 spiro atoms. The molecule has 0 aliphatic rings. The second-order valence-electron chi connectivity index (χ2n) is 5.54. The topological polar surface area (TPSA) is 29.1 Å². The minimum absolute atomic E-state index is 0.291. The maximum Gasteiger partial charge on any atom is 0.256 e. The lowest BCUT2D eigenvalue weighted by molar-refractivity contribution is -0.111. The fraction of sp³-hybridized carbons (Fsp3) is 0. The van der Waals surface area contributed by atoms with Gasteiger partial charge in [-0.15, -0.1) is 0 Å². The van der Waals surface area contributed by atoms with E-state index in [1.807, 2.05) is 66.7 Å². The van der Waals surface area contributed by atoms with Crippen molar-refractivity contribution < 1.29 is 4.79 Å². The number of amides is 1. The van der Waals surface area contributed by atoms with E-state index >= 15 is 0 Å². The van der Waals surface area contributed by atoms with Gasteiger partial charge >= 0.3 is 0 Å². The number of benzene rings is 3. The zero-order chi connectivity index (χ0) is 18.5. The van der Waals surface area contributed by atoms with Crippen LogP contribution in [0.4, 0.5) is 5.69 Å². The molecule has 0 aliphatic carbocycles. The van der Waals surface area contributed by atoms with Crippen LogP contribution in [0.3, 0.4) is 0 Å². The van der Waals surface area contributed by atoms with Crippen LogP contribution in [0.1, 0.15) is 11.1 Å². The van der Waals surface area contributed by atoms with Crippen LogP contribution >= 0.6 is 34.8 Å². The van der Waals surface area contributed by atoms with Gasteiger partial charge in [-0.05, 0) is 29.3 Å². The first-order valence-electron chi connectivity index (χ1n) is 7.82. The molecule has 0 bridgehead atoms. The molecule has 1 amide bonds. The number of rotatable bonds is 4. The van der Waals surface area contributed by atoms with E-state index < -0.39 is 0 Å². The predicted molar refractivity (Wildman–Crippen MR) is 111 cm³/mol. The number of anilines is 1. The van der Waals surface area contributed by atoms with E-state index in [1.54, 1.807) is 0 Å². The summed E-state index contributed by atoms with van der Waals surface area (Å²) >= 11 is 18.2. The van der Waals surface area contributed by atoms with Gasteiger partial charge in [-0.25, -0.2) is 0 Å². The molecule has 0 atom stereocenters. The molecule has 0 unspecified atom stereocenters. The quantitative estimate of drug-likeness (QED) is 0.289. The number of carbonyl (C=O) groups excluding carboxylic acids is 1. The summed E-state index contributed by atoms with van der Waals surface area (Å²) in [6.07, 6.45) is 1.83. The van der Waals surface area contributed by atoms with E-state index in [0.29, 0.717) is 26.3 Å². The molecule has 1 N–H and O–H groups in total. The monoisotopic (exact) mass is 401 g/mol. The fourth-order valence-corrected chi connectivity index (χ4v) is 3.02. The normalized spacial score (nSPS) is 11.3. The molecule has 0 radical (unpaired) electrons. The average molecular weight is 403 g/mol. The van der Waals surface area contributed by atoms with Crippen LogP contribution in [0, 0.1) is 0 Å². The molecule has 0 heterocycles. The van der Waals surface area contributed by atoms with Crippen LogP contribution < -0.4 is 5.32 Å². The van der Waals surface area contributed by atoms with Crippen molar-refractivity contribution in [3.63, 3.8) is 0 Å². The Bertz CT molecular complexity index is 954. The van der Waals surface area contributed by atoms with Crippen molar-refractivity contribution in [3.05, 3.63) is 99.0 Å². The molecular formula is C21H14Cl3NO. The van der Waals surface area contributed by atoms with Crippen LogP contribution in [-0.4, -0.2) is 5.91 Å². The van der Waals surface area contributed by atoms with Gasteiger partial charge in [0, 0.05) is 5.57 Å². The largest absolute Gasteiger partial charge is 0.321 e. The van der Waals surface area contributed by atoms with Crippen molar-refractivity contribution in [2.75, 3.05) is 5.32 Å². The second kappa shape index (κ2) is 8.41. The highest BCUT2D eigenvalue weighted by molar-refractivity contribution is 6.44. The summed E-state index contributed by atoms with van der Waals surface area (Å²) in [5.74, 6) is -0.291. The van der Waals surface area contributed by atoms with Crippen molar-refractivity contribution >= 4 is 58.0 Å². The Morgan fingerprint density at radius 2 is 1.35 bits per heavy atom. The summed E-state index contributed by atoms with van der Waals surface area (Å²) in [5, 5.41) is 3.78. The van der Waals surface area contributed by atoms with Crippen LogP contribution in [-0.2, 0) is 4.79 Å². The van der Waals surface area contributed by atoms with Gasteiger partial charge in [-0.3, -0.25) is 4.79 Å². The number of nitrogens with one attached hydrogen (secondary N) is 1. The molecule has 5 heteroatoms. The van der Waals surface area contributed by atoms with Crippen molar-refractivity contribution in [1.29, 1.82) is 0 Å². The Labute approximate surface area is 167 Å². The molecule has 0 saturated heterocycles. The molecule has 0 aliphatic heterocycles. The zero-order valence-corrected chi connectivity index (χ0v) is 15.8. The highest BCUT2D eigenvalue weighted by atomic mass is 35.5. The Balaban J connectivity index is 1.99. The van der Waals surface area contributed by atoms with Gasteiger partial charge in [0.25, 0.3) is 5.91 Å². The van der Waals surface area contributed by atoms with Gasteiger partial charge in [0.05, 0.1) is 20.8 Å². The minimum Gasteiger partial charge on any atom is -0.321 e. The van der Waals surface area contributed by atoms with Crippen LogP contribution in [0.5, 0.6) is 0 Å². The lowest BCUT2D eigenvalue weighted by Crippen LogP contribution is -2.14. The van der Waals surface area contributed by atoms with Gasteiger partial charge in [-0.1, -0.05) is 95.5 Å². The van der Waals surface area contributed by atoms with Crippen molar-refractivity contribution in [1.82, 2.24) is 0 Å². The SMILES string of the molecule is O=C(Nc1cc(Cl)c(Cl)cc1Cl)/C(=C/c1ccccc1)c1ccccc1. The summed E-state index contributed by atoms with van der Waals surface area (Å²) in [6.45, 7) is 0. The molecule has 0 aromatic heterocycles. The lowest BCUT2D eigenvalue weighted by atomic mass is 10.0. The molecule has 130 valence electrons. The molecule has 3 aromatic rings. The van der Waals surface area contributed by atoms with Crippen LogP contribution in [0.15, 0.2) is 72.8 Å². The van der Waals surface area contributed by atoms with E-state index in [4.69, 9.17) is 34.8 Å². The minimum atomic E-state index is -0.291. The highest BCUT2D eigenvalue weighted by Gasteiger charge is 2.15.